The zero-order valence-electron chi connectivity index (χ0n) is 16.5. The van der Waals surface area contributed by atoms with Crippen LogP contribution in [0.5, 0.6) is 11.8 Å². The predicted octanol–water partition coefficient (Wildman–Crippen LogP) is -2.24. The molecule has 0 bridgehead atoms. The number of aromatic nitrogens is 2. The summed E-state index contributed by atoms with van der Waals surface area (Å²) in [6.45, 7) is 2.78. The van der Waals surface area contributed by atoms with Crippen molar-refractivity contribution in [1.82, 2.24) is 9.13 Å². The van der Waals surface area contributed by atoms with Gasteiger partial charge in [-0.15, -0.1) is 0 Å². The molecule has 0 atom stereocenters. The van der Waals surface area contributed by atoms with Crippen molar-refractivity contribution >= 4 is 21.8 Å². The summed E-state index contributed by atoms with van der Waals surface area (Å²) in [6, 6.07) is 15.4. The molecule has 4 nitrogen and oxygen atoms in total. The smallest absolute Gasteiger partial charge is 0.860 e. The molecule has 27 heavy (non-hydrogen) atoms. The third kappa shape index (κ3) is 3.33. The topological polar surface area (TPSA) is 56.0 Å². The minimum absolute atomic E-state index is 0. The molecule has 6 heteroatoms. The number of hydrogen-bond donors (Lipinski definition) is 0. The van der Waals surface area contributed by atoms with Crippen LogP contribution in [0.1, 0.15) is 19.8 Å². The van der Waals surface area contributed by atoms with E-state index >= 15 is 0 Å². The van der Waals surface area contributed by atoms with E-state index < -0.39 is 0 Å². The Morgan fingerprint density at radius 2 is 1.30 bits per heavy atom. The summed E-state index contributed by atoms with van der Waals surface area (Å²) in [4.78, 5) is 0. The molecule has 0 N–H and O–H groups in total. The van der Waals surface area contributed by atoms with Gasteiger partial charge in [0.2, 0.25) is 0 Å². The fraction of sp³-hybridized carbons (Fsp3) is 0.238. The molecule has 0 fully saturated rings. The van der Waals surface area contributed by atoms with Crippen LogP contribution in [-0.4, -0.2) is 9.13 Å². The van der Waals surface area contributed by atoms with Crippen molar-refractivity contribution in [3.8, 4) is 22.9 Å². The zero-order chi connectivity index (χ0) is 17.6. The quantitative estimate of drug-likeness (QED) is 0.392. The van der Waals surface area contributed by atoms with Crippen molar-refractivity contribution in [3.63, 3.8) is 0 Å². The second-order valence-corrected chi connectivity index (χ2v) is 6.46. The van der Waals surface area contributed by atoms with Crippen LogP contribution in [0.3, 0.4) is 0 Å². The van der Waals surface area contributed by atoms with Crippen LogP contribution in [0.2, 0.25) is 0 Å². The van der Waals surface area contributed by atoms with Crippen LogP contribution in [0.25, 0.3) is 32.9 Å². The first-order valence-corrected chi connectivity index (χ1v) is 8.68. The standard InChI is InChI=1S/C21H22N2O2.2Li/c1-3-4-13-23-17-12-8-6-10-15(17)19(21(23)25)18-14-9-5-7-11-16(14)22(2)20(18)24;;/h5-12,24-25H,3-4,13H2,1-2H3;;/q;2*+1/p-2. The van der Waals surface area contributed by atoms with Gasteiger partial charge in [0.05, 0.1) is 0 Å². The van der Waals surface area contributed by atoms with Gasteiger partial charge in [0.15, 0.2) is 0 Å². The van der Waals surface area contributed by atoms with Crippen molar-refractivity contribution < 1.29 is 47.9 Å². The second kappa shape index (κ2) is 8.55. The molecule has 0 saturated carbocycles. The van der Waals surface area contributed by atoms with E-state index in [2.05, 4.69) is 6.92 Å². The Hall–Kier alpha value is -1.69. The van der Waals surface area contributed by atoms with E-state index in [0.29, 0.717) is 17.7 Å². The summed E-state index contributed by atoms with van der Waals surface area (Å²) in [7, 11) is 1.76. The van der Waals surface area contributed by atoms with Gasteiger partial charge in [0.25, 0.3) is 0 Å². The molecule has 4 rings (SSSR count). The Kier molecular flexibility index (Phi) is 6.85. The van der Waals surface area contributed by atoms with Crippen LogP contribution in [-0.2, 0) is 13.6 Å². The van der Waals surface area contributed by atoms with Crippen LogP contribution < -0.4 is 47.9 Å². The van der Waals surface area contributed by atoms with Crippen molar-refractivity contribution in [2.45, 2.75) is 26.3 Å². The summed E-state index contributed by atoms with van der Waals surface area (Å²) >= 11 is 0. The number of unbranched alkanes of at least 4 members (excludes halogenated alkanes) is 1. The van der Waals surface area contributed by atoms with E-state index in [9.17, 15) is 10.2 Å². The van der Waals surface area contributed by atoms with E-state index in [1.807, 2.05) is 53.1 Å². The van der Waals surface area contributed by atoms with Gasteiger partial charge in [-0.05, 0) is 30.3 Å². The molecule has 0 aliphatic heterocycles. The number of nitrogens with zero attached hydrogens (tertiary/aromatic N) is 2. The maximum atomic E-state index is 13.2. The zero-order valence-corrected chi connectivity index (χ0v) is 16.5. The molecule has 0 aliphatic carbocycles. The van der Waals surface area contributed by atoms with Crippen LogP contribution in [0, 0.1) is 0 Å². The minimum atomic E-state index is -0.114. The maximum absolute atomic E-state index is 13.2. The van der Waals surface area contributed by atoms with Crippen molar-refractivity contribution in [1.29, 1.82) is 0 Å². The number of hydrogen-bond acceptors (Lipinski definition) is 2. The Morgan fingerprint density at radius 1 is 0.778 bits per heavy atom. The van der Waals surface area contributed by atoms with Crippen LogP contribution in [0.4, 0.5) is 0 Å². The van der Waals surface area contributed by atoms with Crippen molar-refractivity contribution in [3.05, 3.63) is 48.5 Å². The molecular weight excluding hydrogens is 326 g/mol. The molecule has 2 aromatic heterocycles. The number of para-hydroxylation sites is 2. The Bertz CT molecular complexity index is 1080. The van der Waals surface area contributed by atoms with E-state index in [1.165, 1.54) is 0 Å². The third-order valence-corrected chi connectivity index (χ3v) is 4.96. The van der Waals surface area contributed by atoms with Gasteiger partial charge in [-0.1, -0.05) is 49.7 Å². The van der Waals surface area contributed by atoms with Gasteiger partial charge >= 0.3 is 37.7 Å². The first-order valence-electron chi connectivity index (χ1n) is 8.68. The monoisotopic (exact) mass is 346 g/mol. The molecule has 128 valence electrons. The molecule has 0 unspecified atom stereocenters. The summed E-state index contributed by atoms with van der Waals surface area (Å²) in [5.74, 6) is -0.181. The predicted molar refractivity (Wildman–Crippen MR) is 97.7 cm³/mol. The number of benzene rings is 2. The molecular formula is C21H20Li2N2O2. The molecule has 4 aromatic rings. The average Bonchev–Trinajstić information content (AvgIpc) is 3.05. The van der Waals surface area contributed by atoms with E-state index in [4.69, 9.17) is 0 Å². The van der Waals surface area contributed by atoms with E-state index in [-0.39, 0.29) is 49.5 Å². The maximum Gasteiger partial charge on any atom is 1.00 e. The van der Waals surface area contributed by atoms with E-state index in [1.54, 1.807) is 11.6 Å². The summed E-state index contributed by atoms with van der Waals surface area (Å²) in [6.07, 6.45) is 1.95. The fourth-order valence-corrected chi connectivity index (χ4v) is 3.67. The van der Waals surface area contributed by atoms with Gasteiger partial charge in [-0.3, -0.25) is 0 Å². The number of aryl methyl sites for hydroxylation is 2. The number of rotatable bonds is 4. The second-order valence-electron chi connectivity index (χ2n) is 6.46. The molecule has 0 amide bonds. The number of fused-ring (bicyclic) bond motifs is 2. The molecule has 0 radical (unpaired) electrons. The molecule has 2 heterocycles. The van der Waals surface area contributed by atoms with Gasteiger partial charge in [-0.25, -0.2) is 0 Å². The van der Waals surface area contributed by atoms with Crippen LogP contribution >= 0.6 is 0 Å². The van der Waals surface area contributed by atoms with Gasteiger partial charge in [-0.2, -0.15) is 0 Å². The largest absolute Gasteiger partial charge is 1.00 e. The Labute approximate surface area is 183 Å². The molecule has 0 saturated heterocycles. The first-order chi connectivity index (χ1) is 12.1. The normalized spacial score (nSPS) is 10.7. The van der Waals surface area contributed by atoms with Crippen molar-refractivity contribution in [2.24, 2.45) is 7.05 Å². The fourth-order valence-electron chi connectivity index (χ4n) is 3.67. The van der Waals surface area contributed by atoms with Crippen molar-refractivity contribution in [2.75, 3.05) is 0 Å². The van der Waals surface area contributed by atoms with Gasteiger partial charge in [0.1, 0.15) is 0 Å². The SMILES string of the molecule is CCCCn1c([O-])c(-c2c([O-])n(C)c3ccccc23)c2ccccc21.[Li+].[Li+]. The Morgan fingerprint density at radius 3 is 1.93 bits per heavy atom. The Balaban J connectivity index is 0.00000131. The molecule has 0 spiro atoms. The third-order valence-electron chi connectivity index (χ3n) is 4.96. The summed E-state index contributed by atoms with van der Waals surface area (Å²) in [5, 5.41) is 27.8. The molecule has 2 aromatic carbocycles. The average molecular weight is 346 g/mol. The van der Waals surface area contributed by atoms with E-state index in [0.717, 1.165) is 34.6 Å². The summed E-state index contributed by atoms with van der Waals surface area (Å²) < 4.78 is 3.44. The summed E-state index contributed by atoms with van der Waals surface area (Å²) in [5.41, 5.74) is 2.82. The van der Waals surface area contributed by atoms with Gasteiger partial charge in [0, 0.05) is 46.5 Å². The minimum Gasteiger partial charge on any atom is -0.860 e. The first kappa shape index (κ1) is 21.6. The van der Waals surface area contributed by atoms with Crippen LogP contribution in [0.15, 0.2) is 48.5 Å². The molecule has 0 aliphatic rings. The van der Waals surface area contributed by atoms with Gasteiger partial charge < -0.3 is 19.3 Å².